The molecule has 1 saturated heterocycles. The number of amides is 1. The van der Waals surface area contributed by atoms with Gasteiger partial charge in [0, 0.05) is 25.5 Å². The first kappa shape index (κ1) is 21.4. The van der Waals surface area contributed by atoms with E-state index in [1.54, 1.807) is 6.20 Å². The third kappa shape index (κ3) is 4.69. The molecule has 1 amide bonds. The number of benzene rings is 2. The maximum absolute atomic E-state index is 13.4. The third-order valence-electron chi connectivity index (χ3n) is 6.42. The Morgan fingerprint density at radius 2 is 1.67 bits per heavy atom. The lowest BCUT2D eigenvalue weighted by molar-refractivity contribution is 0.0304. The van der Waals surface area contributed by atoms with Crippen LogP contribution in [-0.2, 0) is 11.2 Å². The fourth-order valence-corrected chi connectivity index (χ4v) is 4.72. The molecule has 0 aliphatic carbocycles. The molecule has 1 fully saturated rings. The largest absolute Gasteiger partial charge is 0.378 e. The second kappa shape index (κ2) is 10.0. The van der Waals surface area contributed by atoms with Crippen molar-refractivity contribution >= 4 is 16.9 Å². The lowest BCUT2D eigenvalue weighted by Crippen LogP contribution is -2.40. The topological polar surface area (TPSA) is 47.4 Å². The molecule has 0 spiro atoms. The van der Waals surface area contributed by atoms with Crippen molar-refractivity contribution in [3.63, 3.8) is 0 Å². The summed E-state index contributed by atoms with van der Waals surface area (Å²) in [5.41, 5.74) is 5.06. The zero-order chi connectivity index (χ0) is 22.5. The number of aromatic nitrogens is 2. The molecule has 168 valence electrons. The third-order valence-corrected chi connectivity index (χ3v) is 6.42. The van der Waals surface area contributed by atoms with E-state index < -0.39 is 0 Å². The number of fused-ring (bicyclic) bond motifs is 1. The summed E-state index contributed by atoms with van der Waals surface area (Å²) in [7, 11) is 0. The van der Waals surface area contributed by atoms with Crippen molar-refractivity contribution in [3.05, 3.63) is 102 Å². The second-order valence-corrected chi connectivity index (χ2v) is 8.53. The SMILES string of the molecule is O=C(c1cn(C(CCCc2ccccc2)c2ccccc2)c2cccnc12)N1CCOCC1. The van der Waals surface area contributed by atoms with E-state index >= 15 is 0 Å². The molecule has 1 atom stereocenters. The highest BCUT2D eigenvalue weighted by Gasteiger charge is 2.25. The number of nitrogens with zero attached hydrogens (tertiary/aromatic N) is 3. The van der Waals surface area contributed by atoms with Crippen LogP contribution < -0.4 is 0 Å². The van der Waals surface area contributed by atoms with Gasteiger partial charge in [-0.05, 0) is 42.5 Å². The predicted molar refractivity (Wildman–Crippen MR) is 130 cm³/mol. The summed E-state index contributed by atoms with van der Waals surface area (Å²) < 4.78 is 7.70. The number of carbonyl (C=O) groups excluding carboxylic acids is 1. The van der Waals surface area contributed by atoms with Gasteiger partial charge in [0.15, 0.2) is 0 Å². The van der Waals surface area contributed by atoms with Crippen LogP contribution in [0.3, 0.4) is 0 Å². The molecular formula is C28H29N3O2. The van der Waals surface area contributed by atoms with Crippen molar-refractivity contribution in [3.8, 4) is 0 Å². The maximum Gasteiger partial charge on any atom is 0.257 e. The number of morpholine rings is 1. The molecule has 5 rings (SSSR count). The van der Waals surface area contributed by atoms with Gasteiger partial charge < -0.3 is 14.2 Å². The van der Waals surface area contributed by atoms with E-state index in [0.717, 1.165) is 30.3 Å². The monoisotopic (exact) mass is 439 g/mol. The van der Waals surface area contributed by atoms with Crippen LogP contribution in [0.1, 0.15) is 40.4 Å². The summed E-state index contributed by atoms with van der Waals surface area (Å²) in [4.78, 5) is 19.9. The highest BCUT2D eigenvalue weighted by atomic mass is 16.5. The number of carbonyl (C=O) groups is 1. The first-order valence-electron chi connectivity index (χ1n) is 11.7. The van der Waals surface area contributed by atoms with Crippen molar-refractivity contribution in [2.45, 2.75) is 25.3 Å². The predicted octanol–water partition coefficient (Wildman–Crippen LogP) is 5.12. The number of pyridine rings is 1. The molecule has 1 aliphatic rings. The van der Waals surface area contributed by atoms with Crippen LogP contribution in [-0.4, -0.2) is 46.7 Å². The quantitative estimate of drug-likeness (QED) is 0.402. The van der Waals surface area contributed by atoms with Crippen LogP contribution in [0.25, 0.3) is 11.0 Å². The van der Waals surface area contributed by atoms with Gasteiger partial charge >= 0.3 is 0 Å². The van der Waals surface area contributed by atoms with E-state index in [4.69, 9.17) is 4.74 Å². The standard InChI is InChI=1S/C28H29N3O2/c32-28(30-17-19-33-20-18-30)24-21-31(26-15-8-16-29-27(24)26)25(23-12-5-2-6-13-23)14-7-11-22-9-3-1-4-10-22/h1-6,8-10,12-13,15-16,21,25H,7,11,14,17-20H2. The first-order chi connectivity index (χ1) is 16.3. The number of ether oxygens (including phenoxy) is 1. The smallest absolute Gasteiger partial charge is 0.257 e. The molecule has 33 heavy (non-hydrogen) atoms. The Balaban J connectivity index is 1.49. The van der Waals surface area contributed by atoms with Crippen molar-refractivity contribution in [1.82, 2.24) is 14.5 Å². The maximum atomic E-state index is 13.4. The summed E-state index contributed by atoms with van der Waals surface area (Å²) >= 11 is 0. The average Bonchev–Trinajstić information content (AvgIpc) is 3.27. The molecule has 0 radical (unpaired) electrons. The van der Waals surface area contributed by atoms with E-state index in [0.29, 0.717) is 31.9 Å². The summed E-state index contributed by atoms with van der Waals surface area (Å²) in [6.45, 7) is 2.42. The van der Waals surface area contributed by atoms with Gasteiger partial charge in [-0.3, -0.25) is 9.78 Å². The lowest BCUT2D eigenvalue weighted by atomic mass is 9.98. The van der Waals surface area contributed by atoms with Gasteiger partial charge in [-0.1, -0.05) is 60.7 Å². The molecule has 0 saturated carbocycles. The number of hydrogen-bond donors (Lipinski definition) is 0. The van der Waals surface area contributed by atoms with Crippen molar-refractivity contribution in [2.24, 2.45) is 0 Å². The van der Waals surface area contributed by atoms with Crippen molar-refractivity contribution in [1.29, 1.82) is 0 Å². The zero-order valence-electron chi connectivity index (χ0n) is 18.8. The van der Waals surface area contributed by atoms with Crippen LogP contribution in [0.5, 0.6) is 0 Å². The van der Waals surface area contributed by atoms with Gasteiger partial charge in [-0.2, -0.15) is 0 Å². The number of hydrogen-bond acceptors (Lipinski definition) is 3. The minimum atomic E-state index is 0.0387. The Labute approximate surface area is 194 Å². The summed E-state index contributed by atoms with van der Waals surface area (Å²) in [5, 5.41) is 0. The van der Waals surface area contributed by atoms with E-state index in [1.165, 1.54) is 11.1 Å². The molecule has 1 aliphatic heterocycles. The van der Waals surface area contributed by atoms with Crippen LogP contribution in [0, 0.1) is 0 Å². The van der Waals surface area contributed by atoms with E-state index in [9.17, 15) is 4.79 Å². The first-order valence-corrected chi connectivity index (χ1v) is 11.7. The Morgan fingerprint density at radius 1 is 0.939 bits per heavy atom. The Kier molecular flexibility index (Phi) is 6.49. The second-order valence-electron chi connectivity index (χ2n) is 8.53. The van der Waals surface area contributed by atoms with Crippen LogP contribution in [0.2, 0.25) is 0 Å². The average molecular weight is 440 g/mol. The fourth-order valence-electron chi connectivity index (χ4n) is 4.72. The highest BCUT2D eigenvalue weighted by molar-refractivity contribution is 6.05. The van der Waals surface area contributed by atoms with Gasteiger partial charge in [-0.25, -0.2) is 0 Å². The normalized spacial score (nSPS) is 15.0. The molecule has 2 aromatic carbocycles. The molecule has 5 heteroatoms. The minimum Gasteiger partial charge on any atom is -0.378 e. The number of rotatable bonds is 7. The van der Waals surface area contributed by atoms with Crippen LogP contribution in [0.15, 0.2) is 85.2 Å². The molecule has 0 N–H and O–H groups in total. The summed E-state index contributed by atoms with van der Waals surface area (Å²) in [5.74, 6) is 0.0387. The van der Waals surface area contributed by atoms with Crippen LogP contribution >= 0.6 is 0 Å². The van der Waals surface area contributed by atoms with Crippen molar-refractivity contribution in [2.75, 3.05) is 26.3 Å². The Hall–Kier alpha value is -3.44. The minimum absolute atomic E-state index is 0.0387. The lowest BCUT2D eigenvalue weighted by Gasteiger charge is -2.26. The molecule has 2 aromatic heterocycles. The van der Waals surface area contributed by atoms with E-state index in [1.807, 2.05) is 23.2 Å². The molecular weight excluding hydrogens is 410 g/mol. The summed E-state index contributed by atoms with van der Waals surface area (Å²) in [6, 6.07) is 25.4. The van der Waals surface area contributed by atoms with Gasteiger partial charge in [0.05, 0.1) is 30.3 Å². The van der Waals surface area contributed by atoms with E-state index in [2.05, 4.69) is 70.2 Å². The van der Waals surface area contributed by atoms with Crippen molar-refractivity contribution < 1.29 is 9.53 Å². The van der Waals surface area contributed by atoms with Gasteiger partial charge in [0.1, 0.15) is 5.52 Å². The van der Waals surface area contributed by atoms with E-state index in [-0.39, 0.29) is 11.9 Å². The highest BCUT2D eigenvalue weighted by Crippen LogP contribution is 2.31. The Bertz CT molecular complexity index is 1200. The van der Waals surface area contributed by atoms with Gasteiger partial charge in [0.25, 0.3) is 5.91 Å². The zero-order valence-corrected chi connectivity index (χ0v) is 18.8. The molecule has 5 nitrogen and oxygen atoms in total. The molecule has 0 bridgehead atoms. The number of aryl methyl sites for hydroxylation is 1. The fraction of sp³-hybridized carbons (Fsp3) is 0.286. The summed E-state index contributed by atoms with van der Waals surface area (Å²) in [6.07, 6.45) is 6.85. The molecule has 3 heterocycles. The van der Waals surface area contributed by atoms with Gasteiger partial charge in [0.2, 0.25) is 0 Å². The molecule has 4 aromatic rings. The Morgan fingerprint density at radius 3 is 2.42 bits per heavy atom. The van der Waals surface area contributed by atoms with Crippen LogP contribution in [0.4, 0.5) is 0 Å². The van der Waals surface area contributed by atoms with Gasteiger partial charge in [-0.15, -0.1) is 0 Å². The molecule has 1 unspecified atom stereocenters.